The molecule has 0 spiro atoms. The number of piperazine rings is 1. The van der Waals surface area contributed by atoms with E-state index in [4.69, 9.17) is 32.7 Å². The lowest BCUT2D eigenvalue weighted by molar-refractivity contribution is -0.132. The molecule has 2 amide bonds. The average Bonchev–Trinajstić information content (AvgIpc) is 3.67. The Balaban J connectivity index is 1.06. The van der Waals surface area contributed by atoms with Crippen molar-refractivity contribution in [1.82, 2.24) is 20.0 Å². The Labute approximate surface area is 229 Å². The highest BCUT2D eigenvalue weighted by atomic mass is 35.5. The van der Waals surface area contributed by atoms with Gasteiger partial charge in [-0.15, -0.1) is 10.2 Å². The van der Waals surface area contributed by atoms with Crippen molar-refractivity contribution < 1.29 is 19.1 Å². The number of rotatable bonds is 6. The maximum absolute atomic E-state index is 13.3. The predicted molar refractivity (Wildman–Crippen MR) is 143 cm³/mol. The molecule has 2 aliphatic heterocycles. The summed E-state index contributed by atoms with van der Waals surface area (Å²) < 4.78 is 10.8. The van der Waals surface area contributed by atoms with Gasteiger partial charge >= 0.3 is 0 Å². The number of aromatic nitrogens is 2. The first-order chi connectivity index (χ1) is 18.5. The van der Waals surface area contributed by atoms with Gasteiger partial charge in [0.2, 0.25) is 12.7 Å². The third-order valence-corrected chi connectivity index (χ3v) is 7.54. The van der Waals surface area contributed by atoms with Gasteiger partial charge in [-0.3, -0.25) is 9.59 Å². The summed E-state index contributed by atoms with van der Waals surface area (Å²) in [5, 5.41) is 9.81. The van der Waals surface area contributed by atoms with E-state index in [-0.39, 0.29) is 31.2 Å². The third-order valence-electron chi connectivity index (χ3n) is 6.99. The first-order valence-electron chi connectivity index (χ1n) is 12.5. The Bertz CT molecular complexity index is 1370. The van der Waals surface area contributed by atoms with Crippen LogP contribution in [0.4, 0.5) is 5.82 Å². The summed E-state index contributed by atoms with van der Waals surface area (Å²) in [4.78, 5) is 32.1. The van der Waals surface area contributed by atoms with Crippen molar-refractivity contribution in [1.29, 1.82) is 0 Å². The standard InChI is InChI=1S/C27H25Cl2N5O4/c28-18-2-5-20(21(29)14-18)22-6-8-25(31-30-22)32-9-11-33(12-10-32)26(35)15-34(19-3-4-19)27(36)17-1-7-23-24(13-17)38-16-37-23/h1-2,5-8,13-14,19H,3-4,9-12,15-16H2. The Morgan fingerprint density at radius 3 is 2.42 bits per heavy atom. The summed E-state index contributed by atoms with van der Waals surface area (Å²) in [5.41, 5.74) is 1.93. The van der Waals surface area contributed by atoms with E-state index in [1.807, 2.05) is 23.1 Å². The van der Waals surface area contributed by atoms with Gasteiger partial charge in [0.15, 0.2) is 17.3 Å². The van der Waals surface area contributed by atoms with Crippen LogP contribution in [0, 0.1) is 0 Å². The summed E-state index contributed by atoms with van der Waals surface area (Å²) in [6, 6.07) is 14.3. The normalized spacial score (nSPS) is 16.5. The molecule has 1 aliphatic carbocycles. The summed E-state index contributed by atoms with van der Waals surface area (Å²) in [5.74, 6) is 1.71. The van der Waals surface area contributed by atoms with E-state index < -0.39 is 0 Å². The number of carbonyl (C=O) groups excluding carboxylic acids is 2. The molecule has 0 unspecified atom stereocenters. The molecule has 0 atom stereocenters. The molecule has 3 aromatic rings. The topological polar surface area (TPSA) is 88.1 Å². The van der Waals surface area contributed by atoms with Crippen molar-refractivity contribution in [3.05, 3.63) is 64.1 Å². The lowest BCUT2D eigenvalue weighted by atomic mass is 10.1. The fraction of sp³-hybridized carbons (Fsp3) is 0.333. The zero-order chi connectivity index (χ0) is 26.2. The molecular weight excluding hydrogens is 529 g/mol. The lowest BCUT2D eigenvalue weighted by Crippen LogP contribution is -2.52. The van der Waals surface area contributed by atoms with Gasteiger partial charge in [0.25, 0.3) is 5.91 Å². The largest absolute Gasteiger partial charge is 0.454 e. The second-order valence-corrected chi connectivity index (χ2v) is 10.3. The Morgan fingerprint density at radius 2 is 1.71 bits per heavy atom. The van der Waals surface area contributed by atoms with Gasteiger partial charge in [-0.25, -0.2) is 0 Å². The van der Waals surface area contributed by atoms with E-state index in [9.17, 15) is 9.59 Å². The molecule has 6 rings (SSSR count). The number of amides is 2. The van der Waals surface area contributed by atoms with Crippen LogP contribution in [0.3, 0.4) is 0 Å². The summed E-state index contributed by atoms with van der Waals surface area (Å²) in [6.45, 7) is 2.55. The number of nitrogens with zero attached hydrogens (tertiary/aromatic N) is 5. The molecule has 0 bridgehead atoms. The second-order valence-electron chi connectivity index (χ2n) is 9.50. The van der Waals surface area contributed by atoms with Crippen LogP contribution < -0.4 is 14.4 Å². The molecule has 1 saturated carbocycles. The van der Waals surface area contributed by atoms with Crippen LogP contribution in [0.5, 0.6) is 11.5 Å². The Kier molecular flexibility index (Phi) is 6.71. The molecule has 1 saturated heterocycles. The molecule has 3 heterocycles. The molecule has 2 fully saturated rings. The van der Waals surface area contributed by atoms with Crippen LogP contribution in [0.15, 0.2) is 48.5 Å². The summed E-state index contributed by atoms with van der Waals surface area (Å²) in [6.07, 6.45) is 1.82. The zero-order valence-electron chi connectivity index (χ0n) is 20.5. The molecular formula is C27H25Cl2N5O4. The molecule has 3 aliphatic rings. The maximum atomic E-state index is 13.3. The highest BCUT2D eigenvalue weighted by Gasteiger charge is 2.36. The molecule has 0 N–H and O–H groups in total. The highest BCUT2D eigenvalue weighted by Crippen LogP contribution is 2.35. The quantitative estimate of drug-likeness (QED) is 0.453. The number of fused-ring (bicyclic) bond motifs is 1. The van der Waals surface area contributed by atoms with Crippen molar-refractivity contribution in [2.75, 3.05) is 44.4 Å². The molecule has 11 heteroatoms. The minimum atomic E-state index is -0.158. The van der Waals surface area contributed by atoms with Crippen molar-refractivity contribution in [3.63, 3.8) is 0 Å². The minimum absolute atomic E-state index is 0.0514. The fourth-order valence-corrected chi connectivity index (χ4v) is 5.22. The smallest absolute Gasteiger partial charge is 0.254 e. The minimum Gasteiger partial charge on any atom is -0.454 e. The Hall–Kier alpha value is -3.56. The van der Waals surface area contributed by atoms with E-state index in [0.29, 0.717) is 59.0 Å². The average molecular weight is 554 g/mol. The second kappa shape index (κ2) is 10.3. The van der Waals surface area contributed by atoms with Gasteiger partial charge in [-0.05, 0) is 61.4 Å². The number of halogens is 2. The van der Waals surface area contributed by atoms with Gasteiger partial charge < -0.3 is 24.2 Å². The van der Waals surface area contributed by atoms with E-state index in [2.05, 4.69) is 15.1 Å². The summed E-state index contributed by atoms with van der Waals surface area (Å²) >= 11 is 12.3. The van der Waals surface area contributed by atoms with Gasteiger partial charge in [-0.1, -0.05) is 23.2 Å². The van der Waals surface area contributed by atoms with Crippen molar-refractivity contribution in [2.45, 2.75) is 18.9 Å². The van der Waals surface area contributed by atoms with Gasteiger partial charge in [0.05, 0.1) is 10.7 Å². The first-order valence-corrected chi connectivity index (χ1v) is 13.2. The third kappa shape index (κ3) is 5.08. The van der Waals surface area contributed by atoms with E-state index in [1.165, 1.54) is 0 Å². The van der Waals surface area contributed by atoms with E-state index >= 15 is 0 Å². The summed E-state index contributed by atoms with van der Waals surface area (Å²) in [7, 11) is 0. The molecule has 9 nitrogen and oxygen atoms in total. The van der Waals surface area contributed by atoms with Crippen molar-refractivity contribution in [3.8, 4) is 22.8 Å². The van der Waals surface area contributed by atoms with Crippen LogP contribution in [0.25, 0.3) is 11.3 Å². The number of ether oxygens (including phenoxy) is 2. The van der Waals surface area contributed by atoms with Crippen LogP contribution in [-0.2, 0) is 4.79 Å². The van der Waals surface area contributed by atoms with Crippen LogP contribution in [0.1, 0.15) is 23.2 Å². The van der Waals surface area contributed by atoms with Crippen molar-refractivity contribution in [2.24, 2.45) is 0 Å². The molecule has 0 radical (unpaired) electrons. The molecule has 38 heavy (non-hydrogen) atoms. The monoisotopic (exact) mass is 553 g/mol. The number of carbonyl (C=O) groups is 2. The number of hydrogen-bond donors (Lipinski definition) is 0. The van der Waals surface area contributed by atoms with Gasteiger partial charge in [0, 0.05) is 48.4 Å². The van der Waals surface area contributed by atoms with Crippen LogP contribution in [0.2, 0.25) is 10.0 Å². The first kappa shape index (κ1) is 24.8. The van der Waals surface area contributed by atoms with E-state index in [1.54, 1.807) is 35.2 Å². The SMILES string of the molecule is O=C(CN(C(=O)c1ccc2c(c1)OCO2)C1CC1)N1CCN(c2ccc(-c3ccc(Cl)cc3Cl)nn2)CC1. The van der Waals surface area contributed by atoms with Gasteiger partial charge in [-0.2, -0.15) is 0 Å². The molecule has 1 aromatic heterocycles. The molecule has 2 aromatic carbocycles. The Morgan fingerprint density at radius 1 is 0.921 bits per heavy atom. The van der Waals surface area contributed by atoms with Crippen molar-refractivity contribution >= 4 is 40.8 Å². The maximum Gasteiger partial charge on any atom is 0.254 e. The predicted octanol–water partition coefficient (Wildman–Crippen LogP) is 4.13. The van der Waals surface area contributed by atoms with Crippen LogP contribution in [-0.4, -0.2) is 77.4 Å². The van der Waals surface area contributed by atoms with Crippen LogP contribution >= 0.6 is 23.2 Å². The number of anilines is 1. The highest BCUT2D eigenvalue weighted by molar-refractivity contribution is 6.36. The number of hydrogen-bond acceptors (Lipinski definition) is 7. The fourth-order valence-electron chi connectivity index (χ4n) is 4.71. The zero-order valence-corrected chi connectivity index (χ0v) is 22.0. The lowest BCUT2D eigenvalue weighted by Gasteiger charge is -2.36. The number of benzene rings is 2. The molecule has 196 valence electrons. The van der Waals surface area contributed by atoms with E-state index in [0.717, 1.165) is 24.2 Å². The van der Waals surface area contributed by atoms with Gasteiger partial charge in [0.1, 0.15) is 6.54 Å².